The topological polar surface area (TPSA) is 113 Å². The Balaban J connectivity index is 2.04. The SMILES string of the molecule is CC(=O)N1C[C@H](O)C[C@H]1C(=O)N[C@@H](C(N)=O)C1CCCCC1. The molecule has 0 unspecified atom stereocenters. The Kier molecular flexibility index (Phi) is 5.39. The summed E-state index contributed by atoms with van der Waals surface area (Å²) < 4.78 is 0. The average molecular weight is 311 g/mol. The summed E-state index contributed by atoms with van der Waals surface area (Å²) in [5.74, 6) is -1.13. The normalized spacial score (nSPS) is 27.5. The van der Waals surface area contributed by atoms with Crippen LogP contribution in [0, 0.1) is 5.92 Å². The number of amides is 3. The number of nitrogens with one attached hydrogen (secondary N) is 1. The fourth-order valence-electron chi connectivity index (χ4n) is 3.55. The molecule has 2 aliphatic rings. The Bertz CT molecular complexity index is 448. The van der Waals surface area contributed by atoms with Crippen LogP contribution in [0.2, 0.25) is 0 Å². The van der Waals surface area contributed by atoms with Crippen molar-refractivity contribution in [3.05, 3.63) is 0 Å². The van der Waals surface area contributed by atoms with E-state index in [4.69, 9.17) is 5.73 Å². The highest BCUT2D eigenvalue weighted by molar-refractivity contribution is 5.91. The lowest BCUT2D eigenvalue weighted by molar-refractivity contribution is -0.138. The van der Waals surface area contributed by atoms with Crippen LogP contribution in [0.1, 0.15) is 45.4 Å². The smallest absolute Gasteiger partial charge is 0.243 e. The standard InChI is InChI=1S/C15H25N3O4/c1-9(19)18-8-11(20)7-12(18)15(22)17-13(14(16)21)10-5-3-2-4-6-10/h10-13,20H,2-8H2,1H3,(H2,16,21)(H,17,22)/t11-,12+,13-/m1/s1. The Labute approximate surface area is 130 Å². The first kappa shape index (κ1) is 16.7. The summed E-state index contributed by atoms with van der Waals surface area (Å²) in [5, 5.41) is 12.4. The van der Waals surface area contributed by atoms with E-state index in [0.29, 0.717) is 0 Å². The molecule has 1 saturated heterocycles. The quantitative estimate of drug-likeness (QED) is 0.650. The van der Waals surface area contributed by atoms with Crippen LogP contribution in [-0.4, -0.2) is 52.5 Å². The molecule has 0 aromatic rings. The summed E-state index contributed by atoms with van der Waals surface area (Å²) >= 11 is 0. The number of β-amino-alcohol motifs (C(OH)–C–C–N with tert-alkyl or cyclic N) is 1. The van der Waals surface area contributed by atoms with Crippen molar-refractivity contribution in [3.63, 3.8) is 0 Å². The van der Waals surface area contributed by atoms with E-state index in [2.05, 4.69) is 5.32 Å². The molecule has 7 heteroatoms. The number of nitrogens with zero attached hydrogens (tertiary/aromatic N) is 1. The molecule has 2 fully saturated rings. The van der Waals surface area contributed by atoms with Gasteiger partial charge in [-0.2, -0.15) is 0 Å². The van der Waals surface area contributed by atoms with Gasteiger partial charge < -0.3 is 21.1 Å². The summed E-state index contributed by atoms with van der Waals surface area (Å²) in [5.41, 5.74) is 5.45. The summed E-state index contributed by atoms with van der Waals surface area (Å²) in [7, 11) is 0. The van der Waals surface area contributed by atoms with Gasteiger partial charge in [0.05, 0.1) is 6.10 Å². The largest absolute Gasteiger partial charge is 0.391 e. The zero-order valence-electron chi connectivity index (χ0n) is 13.0. The highest BCUT2D eigenvalue weighted by Gasteiger charge is 2.39. The Hall–Kier alpha value is -1.63. The molecule has 3 amide bonds. The van der Waals surface area contributed by atoms with Crippen LogP contribution in [0.4, 0.5) is 0 Å². The Morgan fingerprint density at radius 1 is 1.23 bits per heavy atom. The first-order valence-corrected chi connectivity index (χ1v) is 7.95. The van der Waals surface area contributed by atoms with Crippen molar-refractivity contribution in [1.29, 1.82) is 0 Å². The molecular weight excluding hydrogens is 286 g/mol. The molecule has 0 aromatic heterocycles. The third-order valence-corrected chi connectivity index (χ3v) is 4.71. The van der Waals surface area contributed by atoms with Crippen molar-refractivity contribution in [2.24, 2.45) is 11.7 Å². The molecule has 1 saturated carbocycles. The average Bonchev–Trinajstić information content (AvgIpc) is 2.87. The van der Waals surface area contributed by atoms with Gasteiger partial charge >= 0.3 is 0 Å². The second kappa shape index (κ2) is 7.09. The molecule has 0 spiro atoms. The van der Waals surface area contributed by atoms with Crippen LogP contribution in [0.25, 0.3) is 0 Å². The molecule has 7 nitrogen and oxygen atoms in total. The molecule has 124 valence electrons. The monoisotopic (exact) mass is 311 g/mol. The van der Waals surface area contributed by atoms with Crippen molar-refractivity contribution in [2.45, 2.75) is 63.6 Å². The minimum absolute atomic E-state index is 0.0623. The number of aliphatic hydroxyl groups is 1. The first-order chi connectivity index (χ1) is 10.4. The van der Waals surface area contributed by atoms with Gasteiger partial charge in [0.1, 0.15) is 12.1 Å². The van der Waals surface area contributed by atoms with E-state index in [1.165, 1.54) is 11.8 Å². The number of carbonyl (C=O) groups excluding carboxylic acids is 3. The summed E-state index contributed by atoms with van der Waals surface area (Å²) in [4.78, 5) is 37.1. The van der Waals surface area contributed by atoms with Crippen LogP contribution < -0.4 is 11.1 Å². The Morgan fingerprint density at radius 2 is 1.86 bits per heavy atom. The van der Waals surface area contributed by atoms with Crippen molar-refractivity contribution < 1.29 is 19.5 Å². The predicted octanol–water partition coefficient (Wildman–Crippen LogP) is -0.481. The number of likely N-dealkylation sites (tertiary alicyclic amines) is 1. The van der Waals surface area contributed by atoms with E-state index in [0.717, 1.165) is 32.1 Å². The minimum Gasteiger partial charge on any atom is -0.391 e. The van der Waals surface area contributed by atoms with Crippen LogP contribution in [0.15, 0.2) is 0 Å². The molecule has 0 bridgehead atoms. The number of nitrogens with two attached hydrogens (primary N) is 1. The molecule has 3 atom stereocenters. The van der Waals surface area contributed by atoms with Crippen LogP contribution in [0.5, 0.6) is 0 Å². The van der Waals surface area contributed by atoms with E-state index in [9.17, 15) is 19.5 Å². The highest BCUT2D eigenvalue weighted by Crippen LogP contribution is 2.27. The number of rotatable bonds is 4. The highest BCUT2D eigenvalue weighted by atomic mass is 16.3. The van der Waals surface area contributed by atoms with E-state index in [-0.39, 0.29) is 24.8 Å². The summed E-state index contributed by atoms with van der Waals surface area (Å²) in [6.07, 6.45) is 4.44. The lowest BCUT2D eigenvalue weighted by atomic mass is 9.83. The second-order valence-corrected chi connectivity index (χ2v) is 6.36. The third-order valence-electron chi connectivity index (χ3n) is 4.71. The molecule has 1 aliphatic carbocycles. The maximum absolute atomic E-state index is 12.4. The molecule has 1 aliphatic heterocycles. The molecule has 0 radical (unpaired) electrons. The zero-order chi connectivity index (χ0) is 16.3. The van der Waals surface area contributed by atoms with Gasteiger partial charge in [0.15, 0.2) is 0 Å². The molecule has 0 aromatic carbocycles. The molecular formula is C15H25N3O4. The number of carbonyl (C=O) groups is 3. The van der Waals surface area contributed by atoms with E-state index in [1.807, 2.05) is 0 Å². The van der Waals surface area contributed by atoms with Crippen LogP contribution in [-0.2, 0) is 14.4 Å². The van der Waals surface area contributed by atoms with Gasteiger partial charge in [0.25, 0.3) is 0 Å². The molecule has 22 heavy (non-hydrogen) atoms. The number of hydrogen-bond acceptors (Lipinski definition) is 4. The van der Waals surface area contributed by atoms with E-state index in [1.54, 1.807) is 0 Å². The zero-order valence-corrected chi connectivity index (χ0v) is 13.0. The summed E-state index contributed by atoms with van der Waals surface area (Å²) in [6, 6.07) is -1.42. The lowest BCUT2D eigenvalue weighted by Crippen LogP contribution is -2.54. The van der Waals surface area contributed by atoms with Gasteiger partial charge in [-0.3, -0.25) is 14.4 Å². The Morgan fingerprint density at radius 3 is 2.41 bits per heavy atom. The lowest BCUT2D eigenvalue weighted by Gasteiger charge is -2.30. The van der Waals surface area contributed by atoms with Gasteiger partial charge in [-0.25, -0.2) is 0 Å². The van der Waals surface area contributed by atoms with Crippen molar-refractivity contribution in [1.82, 2.24) is 10.2 Å². The maximum Gasteiger partial charge on any atom is 0.243 e. The van der Waals surface area contributed by atoms with Gasteiger partial charge in [0, 0.05) is 19.9 Å². The number of aliphatic hydroxyl groups excluding tert-OH is 1. The molecule has 2 rings (SSSR count). The fraction of sp³-hybridized carbons (Fsp3) is 0.800. The van der Waals surface area contributed by atoms with Gasteiger partial charge in [0.2, 0.25) is 17.7 Å². The fourth-order valence-corrected chi connectivity index (χ4v) is 3.55. The van der Waals surface area contributed by atoms with Crippen LogP contribution in [0.3, 0.4) is 0 Å². The molecule has 1 heterocycles. The predicted molar refractivity (Wildman–Crippen MR) is 79.5 cm³/mol. The van der Waals surface area contributed by atoms with Crippen molar-refractivity contribution >= 4 is 17.7 Å². The third kappa shape index (κ3) is 3.76. The van der Waals surface area contributed by atoms with E-state index >= 15 is 0 Å². The minimum atomic E-state index is -0.724. The number of primary amides is 1. The van der Waals surface area contributed by atoms with Gasteiger partial charge in [-0.1, -0.05) is 19.3 Å². The maximum atomic E-state index is 12.4. The van der Waals surface area contributed by atoms with Crippen molar-refractivity contribution in [3.8, 4) is 0 Å². The number of hydrogen-bond donors (Lipinski definition) is 3. The second-order valence-electron chi connectivity index (χ2n) is 6.36. The van der Waals surface area contributed by atoms with Gasteiger partial charge in [-0.15, -0.1) is 0 Å². The van der Waals surface area contributed by atoms with E-state index < -0.39 is 30.0 Å². The van der Waals surface area contributed by atoms with Gasteiger partial charge in [-0.05, 0) is 18.8 Å². The summed E-state index contributed by atoms with van der Waals surface area (Å²) in [6.45, 7) is 1.52. The molecule has 4 N–H and O–H groups in total. The van der Waals surface area contributed by atoms with Crippen molar-refractivity contribution in [2.75, 3.05) is 6.54 Å². The first-order valence-electron chi connectivity index (χ1n) is 7.95. The van der Waals surface area contributed by atoms with Crippen LogP contribution >= 0.6 is 0 Å².